The molecule has 0 aliphatic carbocycles. The lowest BCUT2D eigenvalue weighted by Gasteiger charge is -2.07. The van der Waals surface area contributed by atoms with Crippen LogP contribution in [-0.2, 0) is 9.59 Å². The maximum atomic E-state index is 12.1. The number of aryl methyl sites for hydroxylation is 1. The number of aliphatic carboxylic acids is 1. The molecule has 0 atom stereocenters. The van der Waals surface area contributed by atoms with Gasteiger partial charge in [-0.15, -0.1) is 0 Å². The second kappa shape index (κ2) is 10.0. The van der Waals surface area contributed by atoms with E-state index in [2.05, 4.69) is 10.6 Å². The van der Waals surface area contributed by atoms with Crippen molar-refractivity contribution in [2.75, 3.05) is 11.9 Å². The number of carboxylic acid groups (broad SMARTS) is 1. The van der Waals surface area contributed by atoms with Crippen molar-refractivity contribution in [2.45, 2.75) is 26.2 Å². The summed E-state index contributed by atoms with van der Waals surface area (Å²) in [4.78, 5) is 46.4. The first kappa shape index (κ1) is 20.8. The minimum Gasteiger partial charge on any atom is -0.481 e. The van der Waals surface area contributed by atoms with Crippen LogP contribution in [0, 0.1) is 6.92 Å². The highest BCUT2D eigenvalue weighted by atomic mass is 16.4. The number of rotatable bonds is 9. The van der Waals surface area contributed by atoms with Gasteiger partial charge in [-0.3, -0.25) is 19.2 Å². The molecule has 0 unspecified atom stereocenters. The molecule has 2 amide bonds. The van der Waals surface area contributed by atoms with Gasteiger partial charge in [-0.05, 0) is 31.2 Å². The highest BCUT2D eigenvalue weighted by Gasteiger charge is 2.10. The molecule has 2 aromatic rings. The number of amides is 2. The number of nitrogens with one attached hydrogen (secondary N) is 2. The van der Waals surface area contributed by atoms with Crippen LogP contribution in [0.15, 0.2) is 48.5 Å². The number of anilines is 1. The Bertz CT molecular complexity index is 857. The number of hydrogen-bond acceptors (Lipinski definition) is 4. The van der Waals surface area contributed by atoms with Crippen LogP contribution in [0.3, 0.4) is 0 Å². The largest absolute Gasteiger partial charge is 0.481 e. The molecule has 0 aromatic heterocycles. The van der Waals surface area contributed by atoms with Crippen LogP contribution in [0.2, 0.25) is 0 Å². The van der Waals surface area contributed by atoms with Gasteiger partial charge >= 0.3 is 5.97 Å². The van der Waals surface area contributed by atoms with E-state index in [1.54, 1.807) is 24.3 Å². The van der Waals surface area contributed by atoms with Gasteiger partial charge in [0.25, 0.3) is 5.91 Å². The summed E-state index contributed by atoms with van der Waals surface area (Å²) in [6, 6.07) is 13.4. The maximum absolute atomic E-state index is 12.1. The van der Waals surface area contributed by atoms with Crippen molar-refractivity contribution >= 4 is 29.3 Å². The molecule has 0 fully saturated rings. The number of benzene rings is 2. The molecule has 28 heavy (non-hydrogen) atoms. The number of carbonyl (C=O) groups is 4. The number of Topliss-reactive ketones (excluding diaryl/α,β-unsaturated/α-hetero) is 1. The summed E-state index contributed by atoms with van der Waals surface area (Å²) in [5.41, 5.74) is 2.51. The lowest BCUT2D eigenvalue weighted by Crippen LogP contribution is -2.25. The third kappa shape index (κ3) is 6.68. The van der Waals surface area contributed by atoms with Crippen LogP contribution in [0.5, 0.6) is 0 Å². The summed E-state index contributed by atoms with van der Waals surface area (Å²) in [5.74, 6) is -1.76. The number of carboxylic acids is 1. The number of hydrogen-bond donors (Lipinski definition) is 3. The molecule has 7 heteroatoms. The summed E-state index contributed by atoms with van der Waals surface area (Å²) in [6.07, 6.45) is 0.0181. The Hall–Kier alpha value is -3.48. The van der Waals surface area contributed by atoms with E-state index >= 15 is 0 Å². The van der Waals surface area contributed by atoms with Gasteiger partial charge in [0, 0.05) is 36.2 Å². The van der Waals surface area contributed by atoms with E-state index in [0.29, 0.717) is 16.8 Å². The third-order valence-corrected chi connectivity index (χ3v) is 4.01. The van der Waals surface area contributed by atoms with Crippen molar-refractivity contribution in [2.24, 2.45) is 0 Å². The standard InChI is InChI=1S/C21H22N2O5/c1-14-2-4-15(5-3-14)18(24)10-11-19(25)23-17-8-6-16(7-9-17)21(28)22-13-12-20(26)27/h2-9H,10-13H2,1H3,(H,22,28)(H,23,25)(H,26,27). The molecule has 0 radical (unpaired) electrons. The summed E-state index contributed by atoms with van der Waals surface area (Å²) in [5, 5.41) is 13.7. The molecule has 0 heterocycles. The zero-order valence-corrected chi connectivity index (χ0v) is 15.5. The van der Waals surface area contributed by atoms with E-state index in [-0.39, 0.29) is 43.4 Å². The van der Waals surface area contributed by atoms with Crippen LogP contribution < -0.4 is 10.6 Å². The molecule has 0 bridgehead atoms. The van der Waals surface area contributed by atoms with Crippen LogP contribution in [-0.4, -0.2) is 35.2 Å². The van der Waals surface area contributed by atoms with Gasteiger partial charge in [0.1, 0.15) is 0 Å². The Balaban J connectivity index is 1.80. The molecule has 0 aliphatic rings. The molecule has 2 rings (SSSR count). The summed E-state index contributed by atoms with van der Waals surface area (Å²) in [7, 11) is 0. The van der Waals surface area contributed by atoms with Crippen molar-refractivity contribution in [3.8, 4) is 0 Å². The fraction of sp³-hybridized carbons (Fsp3) is 0.238. The third-order valence-electron chi connectivity index (χ3n) is 4.01. The first-order valence-corrected chi connectivity index (χ1v) is 8.85. The molecule has 7 nitrogen and oxygen atoms in total. The zero-order chi connectivity index (χ0) is 20.5. The first-order chi connectivity index (χ1) is 13.3. The molecular weight excluding hydrogens is 360 g/mol. The smallest absolute Gasteiger partial charge is 0.305 e. The normalized spacial score (nSPS) is 10.2. The van der Waals surface area contributed by atoms with Crippen molar-refractivity contribution in [1.29, 1.82) is 0 Å². The average molecular weight is 382 g/mol. The Morgan fingerprint density at radius 3 is 2.04 bits per heavy atom. The van der Waals surface area contributed by atoms with Gasteiger partial charge < -0.3 is 15.7 Å². The van der Waals surface area contributed by atoms with Crippen molar-refractivity contribution in [3.63, 3.8) is 0 Å². The Kier molecular flexibility index (Phi) is 7.45. The number of ketones is 1. The maximum Gasteiger partial charge on any atom is 0.305 e. The van der Waals surface area contributed by atoms with Crippen molar-refractivity contribution < 1.29 is 24.3 Å². The topological polar surface area (TPSA) is 113 Å². The summed E-state index contributed by atoms with van der Waals surface area (Å²) < 4.78 is 0. The van der Waals surface area contributed by atoms with Gasteiger partial charge in [0.05, 0.1) is 6.42 Å². The Labute approximate surface area is 162 Å². The average Bonchev–Trinajstić information content (AvgIpc) is 2.67. The van der Waals surface area contributed by atoms with Gasteiger partial charge in [-0.1, -0.05) is 29.8 Å². The van der Waals surface area contributed by atoms with Gasteiger partial charge in [0.2, 0.25) is 5.91 Å². The highest BCUT2D eigenvalue weighted by molar-refractivity contribution is 6.00. The first-order valence-electron chi connectivity index (χ1n) is 8.85. The minimum absolute atomic E-state index is 0.0433. The Morgan fingerprint density at radius 1 is 0.821 bits per heavy atom. The molecular formula is C21H22N2O5. The van der Waals surface area contributed by atoms with Gasteiger partial charge in [-0.2, -0.15) is 0 Å². The molecule has 146 valence electrons. The molecule has 0 spiro atoms. The van der Waals surface area contributed by atoms with Crippen LogP contribution in [0.4, 0.5) is 5.69 Å². The van der Waals surface area contributed by atoms with E-state index in [9.17, 15) is 19.2 Å². The van der Waals surface area contributed by atoms with Gasteiger partial charge in [-0.25, -0.2) is 0 Å². The Morgan fingerprint density at radius 2 is 1.43 bits per heavy atom. The molecule has 0 saturated carbocycles. The van der Waals surface area contributed by atoms with E-state index in [4.69, 9.17) is 5.11 Å². The van der Waals surface area contributed by atoms with E-state index in [1.165, 1.54) is 12.1 Å². The minimum atomic E-state index is -0.987. The highest BCUT2D eigenvalue weighted by Crippen LogP contribution is 2.12. The lowest BCUT2D eigenvalue weighted by molar-refractivity contribution is -0.136. The molecule has 0 aliphatic heterocycles. The number of carbonyl (C=O) groups excluding carboxylic acids is 3. The quantitative estimate of drug-likeness (QED) is 0.577. The van der Waals surface area contributed by atoms with Crippen molar-refractivity contribution in [1.82, 2.24) is 5.32 Å². The lowest BCUT2D eigenvalue weighted by atomic mass is 10.0. The second-order valence-corrected chi connectivity index (χ2v) is 6.31. The summed E-state index contributed by atoms with van der Waals surface area (Å²) >= 11 is 0. The van der Waals surface area contributed by atoms with Gasteiger partial charge in [0.15, 0.2) is 5.78 Å². The fourth-order valence-electron chi connectivity index (χ4n) is 2.42. The second-order valence-electron chi connectivity index (χ2n) is 6.31. The van der Waals surface area contributed by atoms with Crippen LogP contribution >= 0.6 is 0 Å². The molecule has 3 N–H and O–H groups in total. The fourth-order valence-corrected chi connectivity index (χ4v) is 2.42. The van der Waals surface area contributed by atoms with Crippen LogP contribution in [0.1, 0.15) is 45.5 Å². The van der Waals surface area contributed by atoms with Crippen molar-refractivity contribution in [3.05, 3.63) is 65.2 Å². The van der Waals surface area contributed by atoms with Crippen LogP contribution in [0.25, 0.3) is 0 Å². The SMILES string of the molecule is Cc1ccc(C(=O)CCC(=O)Nc2ccc(C(=O)NCCC(=O)O)cc2)cc1. The molecule has 2 aromatic carbocycles. The summed E-state index contributed by atoms with van der Waals surface area (Å²) in [6.45, 7) is 1.98. The zero-order valence-electron chi connectivity index (χ0n) is 15.5. The predicted molar refractivity (Wildman–Crippen MR) is 104 cm³/mol. The van der Waals surface area contributed by atoms with E-state index in [0.717, 1.165) is 5.56 Å². The molecule has 0 saturated heterocycles. The monoisotopic (exact) mass is 382 g/mol. The van der Waals surface area contributed by atoms with E-state index in [1.807, 2.05) is 19.1 Å². The predicted octanol–water partition coefficient (Wildman–Crippen LogP) is 2.80. The van der Waals surface area contributed by atoms with E-state index < -0.39 is 5.97 Å².